The van der Waals surface area contributed by atoms with E-state index >= 15 is 0 Å². The Hall–Kier alpha value is -3.59. The van der Waals surface area contributed by atoms with Gasteiger partial charge in [-0.15, -0.1) is 0 Å². The van der Waals surface area contributed by atoms with Crippen LogP contribution in [0.15, 0.2) is 109 Å². The number of hydrogen-bond donors (Lipinski definition) is 0. The van der Waals surface area contributed by atoms with Crippen molar-refractivity contribution in [3.05, 3.63) is 137 Å². The van der Waals surface area contributed by atoms with Crippen LogP contribution in [0.4, 0.5) is 4.39 Å². The van der Waals surface area contributed by atoms with Crippen molar-refractivity contribution in [3.63, 3.8) is 0 Å². The number of carbonyl (C=O) groups excluding carboxylic acids is 2. The summed E-state index contributed by atoms with van der Waals surface area (Å²) in [5.74, 6) is -1.51. The number of rotatable bonds is 10. The minimum atomic E-state index is -0.801. The molecular formula is C32H27FO2Se. The summed E-state index contributed by atoms with van der Waals surface area (Å²) in [4.78, 5) is 27.8. The Morgan fingerprint density at radius 1 is 0.778 bits per heavy atom. The van der Waals surface area contributed by atoms with E-state index in [1.54, 1.807) is 30.3 Å². The number of ketones is 2. The number of aryl methyl sites for hydroxylation is 1. The maximum atomic E-state index is 14.1. The van der Waals surface area contributed by atoms with Gasteiger partial charge in [-0.2, -0.15) is 0 Å². The van der Waals surface area contributed by atoms with Crippen molar-refractivity contribution in [2.75, 3.05) is 0 Å². The molecule has 1 unspecified atom stereocenters. The second kappa shape index (κ2) is 12.4. The summed E-state index contributed by atoms with van der Waals surface area (Å²) >= 11 is 0.154. The number of Topliss-reactive ketones (excluding diaryl/α,β-unsaturated/α-hetero) is 2. The second-order valence-electron chi connectivity index (χ2n) is 8.57. The van der Waals surface area contributed by atoms with Crippen molar-refractivity contribution in [1.82, 2.24) is 0 Å². The first-order valence-electron chi connectivity index (χ1n) is 11.9. The first kappa shape index (κ1) is 25.5. The van der Waals surface area contributed by atoms with E-state index in [4.69, 9.17) is 0 Å². The van der Waals surface area contributed by atoms with Gasteiger partial charge in [0.2, 0.25) is 0 Å². The van der Waals surface area contributed by atoms with Gasteiger partial charge in [0, 0.05) is 0 Å². The number of benzene rings is 4. The van der Waals surface area contributed by atoms with Crippen molar-refractivity contribution in [3.8, 4) is 0 Å². The fourth-order valence-electron chi connectivity index (χ4n) is 3.94. The molecular weight excluding hydrogens is 514 g/mol. The van der Waals surface area contributed by atoms with E-state index in [2.05, 4.69) is 12.1 Å². The summed E-state index contributed by atoms with van der Waals surface area (Å²) in [5.41, 5.74) is 3.50. The maximum absolute atomic E-state index is 14.1. The molecule has 0 N–H and O–H groups in total. The molecule has 1 atom stereocenters. The van der Waals surface area contributed by atoms with Crippen molar-refractivity contribution in [2.45, 2.75) is 18.7 Å². The molecule has 0 aromatic heterocycles. The van der Waals surface area contributed by atoms with E-state index in [0.29, 0.717) is 23.1 Å². The van der Waals surface area contributed by atoms with Crippen LogP contribution < -0.4 is 4.46 Å². The second-order valence-corrected chi connectivity index (χ2v) is 11.0. The zero-order chi connectivity index (χ0) is 25.3. The summed E-state index contributed by atoms with van der Waals surface area (Å²) in [6, 6.07) is 33.0. The predicted octanol–water partition coefficient (Wildman–Crippen LogP) is 6.58. The summed E-state index contributed by atoms with van der Waals surface area (Å²) in [6.07, 6.45) is 2.23. The molecule has 0 spiro atoms. The normalized spacial score (nSPS) is 12.2. The molecule has 0 amide bonds. The van der Waals surface area contributed by atoms with Crippen LogP contribution in [0.5, 0.6) is 0 Å². The molecule has 36 heavy (non-hydrogen) atoms. The van der Waals surface area contributed by atoms with Gasteiger partial charge >= 0.3 is 218 Å². The molecule has 0 saturated heterocycles. The molecule has 4 aromatic rings. The van der Waals surface area contributed by atoms with Crippen LogP contribution in [0.3, 0.4) is 0 Å². The van der Waals surface area contributed by atoms with E-state index in [-0.39, 0.29) is 32.3 Å². The minimum absolute atomic E-state index is 0.154. The first-order valence-corrected chi connectivity index (χ1v) is 13.9. The number of allylic oxidation sites excluding steroid dienone is 1. The van der Waals surface area contributed by atoms with E-state index in [0.717, 1.165) is 16.4 Å². The van der Waals surface area contributed by atoms with Gasteiger partial charge in [0.1, 0.15) is 0 Å². The van der Waals surface area contributed by atoms with Gasteiger partial charge < -0.3 is 0 Å². The topological polar surface area (TPSA) is 34.1 Å². The average molecular weight is 542 g/mol. The number of halogens is 1. The van der Waals surface area contributed by atoms with Gasteiger partial charge in [-0.25, -0.2) is 0 Å². The van der Waals surface area contributed by atoms with Crippen LogP contribution in [0, 0.1) is 18.7 Å². The fraction of sp³-hybridized carbons (Fsp3) is 0.125. The Morgan fingerprint density at radius 2 is 1.39 bits per heavy atom. The predicted molar refractivity (Wildman–Crippen MR) is 146 cm³/mol. The molecule has 0 bridgehead atoms. The standard InChI is InChI=1S/C32H27FO2Se/c1-23-12-16-26(17-13-23)31(34)29(20-21-36-28-10-6-3-7-11-28)32(35)30(25-8-4-2-5-9-25)22-24-14-18-27(33)19-15-24/h2-19,22,29H,20-21H2,1H3/b30-22+. The van der Waals surface area contributed by atoms with E-state index in [9.17, 15) is 14.0 Å². The quantitative estimate of drug-likeness (QED) is 0.0747. The summed E-state index contributed by atoms with van der Waals surface area (Å²) in [7, 11) is 0. The van der Waals surface area contributed by atoms with Crippen molar-refractivity contribution >= 4 is 42.6 Å². The molecule has 0 radical (unpaired) electrons. The van der Waals surface area contributed by atoms with Gasteiger partial charge in [-0.3, -0.25) is 0 Å². The molecule has 4 aromatic carbocycles. The van der Waals surface area contributed by atoms with Crippen LogP contribution >= 0.6 is 0 Å². The Kier molecular flexibility index (Phi) is 8.78. The fourth-order valence-corrected chi connectivity index (χ4v) is 5.91. The Labute approximate surface area is 218 Å². The average Bonchev–Trinajstić information content (AvgIpc) is 2.91. The van der Waals surface area contributed by atoms with Crippen LogP contribution in [-0.2, 0) is 4.79 Å². The van der Waals surface area contributed by atoms with Gasteiger partial charge in [0.05, 0.1) is 0 Å². The van der Waals surface area contributed by atoms with Gasteiger partial charge in [0.25, 0.3) is 0 Å². The van der Waals surface area contributed by atoms with E-state index in [1.807, 2.05) is 67.6 Å². The van der Waals surface area contributed by atoms with Gasteiger partial charge in [-0.1, -0.05) is 0 Å². The Balaban J connectivity index is 1.69. The third-order valence-electron chi connectivity index (χ3n) is 5.92. The summed E-state index contributed by atoms with van der Waals surface area (Å²) in [5, 5.41) is 0.767. The molecule has 4 heteroatoms. The molecule has 0 saturated carbocycles. The van der Waals surface area contributed by atoms with Crippen LogP contribution in [0.25, 0.3) is 11.6 Å². The van der Waals surface area contributed by atoms with E-state index in [1.165, 1.54) is 16.6 Å². The first-order chi connectivity index (χ1) is 17.5. The Morgan fingerprint density at radius 3 is 2.03 bits per heavy atom. The number of hydrogen-bond acceptors (Lipinski definition) is 2. The SMILES string of the molecule is Cc1ccc(C(=O)C(CC[Se]c2ccccc2)C(=O)/C(=C/c2ccc(F)cc2)c2ccccc2)cc1. The number of carbonyl (C=O) groups is 2. The van der Waals surface area contributed by atoms with Gasteiger partial charge in [-0.05, 0) is 0 Å². The van der Waals surface area contributed by atoms with Crippen molar-refractivity contribution < 1.29 is 14.0 Å². The zero-order valence-corrected chi connectivity index (χ0v) is 21.8. The molecule has 0 aliphatic rings. The van der Waals surface area contributed by atoms with Gasteiger partial charge in [0.15, 0.2) is 0 Å². The van der Waals surface area contributed by atoms with Crippen LogP contribution in [0.1, 0.15) is 33.5 Å². The molecule has 2 nitrogen and oxygen atoms in total. The molecule has 0 aliphatic heterocycles. The third kappa shape index (κ3) is 6.75. The molecule has 180 valence electrons. The molecule has 0 fully saturated rings. The Bertz CT molecular complexity index is 1330. The molecule has 0 aliphatic carbocycles. The van der Waals surface area contributed by atoms with Crippen molar-refractivity contribution in [1.29, 1.82) is 0 Å². The van der Waals surface area contributed by atoms with Crippen LogP contribution in [0.2, 0.25) is 5.32 Å². The molecule has 4 rings (SSSR count). The van der Waals surface area contributed by atoms with Crippen molar-refractivity contribution in [2.24, 2.45) is 5.92 Å². The third-order valence-corrected chi connectivity index (χ3v) is 8.11. The monoisotopic (exact) mass is 542 g/mol. The van der Waals surface area contributed by atoms with Crippen LogP contribution in [-0.4, -0.2) is 26.5 Å². The summed E-state index contributed by atoms with van der Waals surface area (Å²) < 4.78 is 14.7. The summed E-state index contributed by atoms with van der Waals surface area (Å²) in [6.45, 7) is 1.97. The molecule has 0 heterocycles. The van der Waals surface area contributed by atoms with E-state index < -0.39 is 5.92 Å². The zero-order valence-electron chi connectivity index (χ0n) is 20.1.